The van der Waals surface area contributed by atoms with Gasteiger partial charge in [-0.3, -0.25) is 0 Å². The van der Waals surface area contributed by atoms with Crippen LogP contribution in [0, 0.1) is 0 Å². The summed E-state index contributed by atoms with van der Waals surface area (Å²) in [5.41, 5.74) is 0. The van der Waals surface area contributed by atoms with Crippen molar-refractivity contribution in [2.75, 3.05) is 0 Å². The SMILES string of the molecule is c1ccc(OCn2ccnc2)cc1. The molecule has 0 aliphatic rings. The number of hydrogen-bond acceptors (Lipinski definition) is 2. The van der Waals surface area contributed by atoms with Gasteiger partial charge in [0.05, 0.1) is 6.33 Å². The Balaban J connectivity index is 1.94. The molecule has 1 aromatic carbocycles. The Labute approximate surface area is 76.6 Å². The maximum atomic E-state index is 5.47. The summed E-state index contributed by atoms with van der Waals surface area (Å²) >= 11 is 0. The van der Waals surface area contributed by atoms with Gasteiger partial charge in [-0.1, -0.05) is 18.2 Å². The van der Waals surface area contributed by atoms with Crippen LogP contribution >= 0.6 is 0 Å². The van der Waals surface area contributed by atoms with E-state index in [9.17, 15) is 0 Å². The van der Waals surface area contributed by atoms with Crippen molar-refractivity contribution in [1.82, 2.24) is 9.55 Å². The molecule has 0 radical (unpaired) electrons. The Hall–Kier alpha value is -1.77. The van der Waals surface area contributed by atoms with Crippen molar-refractivity contribution >= 4 is 0 Å². The molecule has 0 atom stereocenters. The molecule has 0 aliphatic carbocycles. The van der Waals surface area contributed by atoms with Crippen LogP contribution < -0.4 is 4.74 Å². The molecule has 2 rings (SSSR count). The van der Waals surface area contributed by atoms with Gasteiger partial charge in [0.15, 0.2) is 6.73 Å². The smallest absolute Gasteiger partial charge is 0.165 e. The van der Waals surface area contributed by atoms with E-state index in [1.165, 1.54) is 0 Å². The first kappa shape index (κ1) is 7.86. The molecule has 0 amide bonds. The lowest BCUT2D eigenvalue weighted by molar-refractivity contribution is 0.236. The molecule has 0 N–H and O–H groups in total. The number of hydrogen-bond donors (Lipinski definition) is 0. The second kappa shape index (κ2) is 3.76. The fourth-order valence-corrected chi connectivity index (χ4v) is 1.03. The molecule has 0 bridgehead atoms. The minimum absolute atomic E-state index is 0.504. The number of aromatic nitrogens is 2. The standard InChI is InChI=1S/C10H10N2O/c1-2-4-10(5-3-1)13-9-12-7-6-11-8-12/h1-8H,9H2. The van der Waals surface area contributed by atoms with Gasteiger partial charge in [0.25, 0.3) is 0 Å². The van der Waals surface area contributed by atoms with Crippen molar-refractivity contribution in [3.63, 3.8) is 0 Å². The van der Waals surface area contributed by atoms with E-state index in [1.54, 1.807) is 12.5 Å². The van der Waals surface area contributed by atoms with Crippen LogP contribution in [0.2, 0.25) is 0 Å². The quantitative estimate of drug-likeness (QED) is 0.710. The average Bonchev–Trinajstić information content (AvgIpc) is 2.69. The van der Waals surface area contributed by atoms with Gasteiger partial charge in [0, 0.05) is 12.4 Å². The molecule has 0 aliphatic heterocycles. The maximum absolute atomic E-state index is 5.47. The predicted molar refractivity (Wildman–Crippen MR) is 49.3 cm³/mol. The Morgan fingerprint density at radius 1 is 1.23 bits per heavy atom. The first-order valence-electron chi connectivity index (χ1n) is 4.09. The second-order valence-electron chi connectivity index (χ2n) is 2.66. The predicted octanol–water partition coefficient (Wildman–Crippen LogP) is 1.92. The van der Waals surface area contributed by atoms with Gasteiger partial charge in [-0.15, -0.1) is 0 Å². The zero-order valence-electron chi connectivity index (χ0n) is 7.13. The molecule has 0 spiro atoms. The lowest BCUT2D eigenvalue weighted by Crippen LogP contribution is -2.01. The van der Waals surface area contributed by atoms with Crippen LogP contribution in [0.1, 0.15) is 0 Å². The van der Waals surface area contributed by atoms with Gasteiger partial charge in [-0.2, -0.15) is 0 Å². The van der Waals surface area contributed by atoms with Crippen molar-refractivity contribution in [1.29, 1.82) is 0 Å². The number of para-hydroxylation sites is 1. The van der Waals surface area contributed by atoms with Gasteiger partial charge < -0.3 is 9.30 Å². The molecule has 0 saturated carbocycles. The van der Waals surface area contributed by atoms with Crippen LogP contribution in [0.3, 0.4) is 0 Å². The van der Waals surface area contributed by atoms with Gasteiger partial charge in [0.2, 0.25) is 0 Å². The largest absolute Gasteiger partial charge is 0.473 e. The number of rotatable bonds is 3. The van der Waals surface area contributed by atoms with E-state index >= 15 is 0 Å². The van der Waals surface area contributed by atoms with E-state index in [4.69, 9.17) is 4.74 Å². The number of benzene rings is 1. The molecule has 66 valence electrons. The zero-order valence-corrected chi connectivity index (χ0v) is 7.13. The highest BCUT2D eigenvalue weighted by Crippen LogP contribution is 2.08. The molecule has 1 aromatic heterocycles. The van der Waals surface area contributed by atoms with Crippen LogP contribution in [0.5, 0.6) is 5.75 Å². The highest BCUT2D eigenvalue weighted by atomic mass is 16.5. The molecule has 1 heterocycles. The summed E-state index contributed by atoms with van der Waals surface area (Å²) in [6.07, 6.45) is 5.32. The van der Waals surface area contributed by atoms with Crippen molar-refractivity contribution < 1.29 is 4.74 Å². The number of ether oxygens (including phenoxy) is 1. The van der Waals surface area contributed by atoms with E-state index in [1.807, 2.05) is 41.1 Å². The van der Waals surface area contributed by atoms with Gasteiger partial charge in [-0.25, -0.2) is 4.98 Å². The average molecular weight is 174 g/mol. The van der Waals surface area contributed by atoms with Crippen LogP contribution in [0.4, 0.5) is 0 Å². The summed E-state index contributed by atoms with van der Waals surface area (Å²) < 4.78 is 7.34. The van der Waals surface area contributed by atoms with Gasteiger partial charge in [-0.05, 0) is 12.1 Å². The van der Waals surface area contributed by atoms with E-state index < -0.39 is 0 Å². The Bertz CT molecular complexity index is 342. The number of imidazole rings is 1. The maximum Gasteiger partial charge on any atom is 0.165 e. The Morgan fingerprint density at radius 3 is 2.77 bits per heavy atom. The van der Waals surface area contributed by atoms with E-state index in [0.717, 1.165) is 5.75 Å². The van der Waals surface area contributed by atoms with Crippen molar-refractivity contribution in [3.05, 3.63) is 49.1 Å². The molecule has 3 heteroatoms. The molecular weight excluding hydrogens is 164 g/mol. The lowest BCUT2D eigenvalue weighted by Gasteiger charge is -2.05. The summed E-state index contributed by atoms with van der Waals surface area (Å²) in [4.78, 5) is 3.92. The molecule has 0 fully saturated rings. The summed E-state index contributed by atoms with van der Waals surface area (Å²) in [5.74, 6) is 0.871. The normalized spacial score (nSPS) is 9.85. The Morgan fingerprint density at radius 2 is 2.08 bits per heavy atom. The monoisotopic (exact) mass is 174 g/mol. The van der Waals surface area contributed by atoms with Crippen molar-refractivity contribution in [2.24, 2.45) is 0 Å². The van der Waals surface area contributed by atoms with Crippen molar-refractivity contribution in [2.45, 2.75) is 6.73 Å². The molecule has 0 saturated heterocycles. The highest BCUT2D eigenvalue weighted by molar-refractivity contribution is 5.20. The van der Waals surface area contributed by atoms with Gasteiger partial charge >= 0.3 is 0 Å². The van der Waals surface area contributed by atoms with Crippen molar-refractivity contribution in [3.8, 4) is 5.75 Å². The van der Waals surface area contributed by atoms with E-state index in [2.05, 4.69) is 4.98 Å². The zero-order chi connectivity index (χ0) is 8.93. The first-order chi connectivity index (χ1) is 6.45. The van der Waals surface area contributed by atoms with Crippen LogP contribution in [-0.2, 0) is 6.73 Å². The molecule has 0 unspecified atom stereocenters. The summed E-state index contributed by atoms with van der Waals surface area (Å²) in [6, 6.07) is 9.71. The fraction of sp³-hybridized carbons (Fsp3) is 0.100. The third-order valence-electron chi connectivity index (χ3n) is 1.68. The van der Waals surface area contributed by atoms with Crippen LogP contribution in [0.25, 0.3) is 0 Å². The molecule has 3 nitrogen and oxygen atoms in total. The first-order valence-corrected chi connectivity index (χ1v) is 4.09. The summed E-state index contributed by atoms with van der Waals surface area (Å²) in [5, 5.41) is 0. The van der Waals surface area contributed by atoms with E-state index in [0.29, 0.717) is 6.73 Å². The number of nitrogens with zero attached hydrogens (tertiary/aromatic N) is 2. The lowest BCUT2D eigenvalue weighted by atomic mass is 10.3. The summed E-state index contributed by atoms with van der Waals surface area (Å²) in [7, 11) is 0. The topological polar surface area (TPSA) is 27.1 Å². The molecule has 13 heavy (non-hydrogen) atoms. The third kappa shape index (κ3) is 2.08. The molecule has 2 aromatic rings. The Kier molecular flexibility index (Phi) is 2.27. The summed E-state index contributed by atoms with van der Waals surface area (Å²) in [6.45, 7) is 0.504. The third-order valence-corrected chi connectivity index (χ3v) is 1.68. The van der Waals surface area contributed by atoms with Crippen LogP contribution in [-0.4, -0.2) is 9.55 Å². The fourth-order valence-electron chi connectivity index (χ4n) is 1.03. The molecular formula is C10H10N2O. The minimum Gasteiger partial charge on any atom is -0.473 e. The van der Waals surface area contributed by atoms with Gasteiger partial charge in [0.1, 0.15) is 5.75 Å². The highest BCUT2D eigenvalue weighted by Gasteiger charge is 1.91. The second-order valence-corrected chi connectivity index (χ2v) is 2.66. The van der Waals surface area contributed by atoms with E-state index in [-0.39, 0.29) is 0 Å². The minimum atomic E-state index is 0.504. The van der Waals surface area contributed by atoms with Crippen LogP contribution in [0.15, 0.2) is 49.1 Å².